The summed E-state index contributed by atoms with van der Waals surface area (Å²) in [6.07, 6.45) is 1.19. The van der Waals surface area contributed by atoms with E-state index in [4.69, 9.17) is 4.74 Å². The van der Waals surface area contributed by atoms with E-state index in [9.17, 15) is 8.42 Å². The van der Waals surface area contributed by atoms with Crippen molar-refractivity contribution >= 4 is 42.4 Å². The fraction of sp³-hybridized carbons (Fsp3) is 0.273. The number of hydrogen-bond acceptors (Lipinski definition) is 4. The Morgan fingerprint density at radius 2 is 2.17 bits per heavy atom. The smallest absolute Gasteiger partial charge is 0.192 e. The van der Waals surface area contributed by atoms with Gasteiger partial charge in [0.2, 0.25) is 0 Å². The van der Waals surface area contributed by atoms with Gasteiger partial charge in [-0.25, -0.2) is 8.42 Å². The number of rotatable bonds is 1. The minimum Gasteiger partial charge on any atom is -0.491 e. The maximum atomic E-state index is 11.8. The van der Waals surface area contributed by atoms with Crippen molar-refractivity contribution in [3.8, 4) is 5.75 Å². The highest BCUT2D eigenvalue weighted by atomic mass is 79.9. The first kappa shape index (κ1) is 11.9. The average molecular weight is 331 g/mol. The van der Waals surface area contributed by atoms with Gasteiger partial charge in [0.25, 0.3) is 0 Å². The normalized spacial score (nSPS) is 15.0. The lowest BCUT2D eigenvalue weighted by Crippen LogP contribution is -2.10. The molecular formula is C11H11BrN2O3S. The second kappa shape index (κ2) is 3.89. The molecule has 1 aliphatic rings. The summed E-state index contributed by atoms with van der Waals surface area (Å²) >= 11 is 3.39. The van der Waals surface area contributed by atoms with Gasteiger partial charge < -0.3 is 15.0 Å². The summed E-state index contributed by atoms with van der Waals surface area (Å²) in [7, 11) is -3.31. The molecule has 0 amide bonds. The van der Waals surface area contributed by atoms with Crippen LogP contribution in [0.2, 0.25) is 0 Å². The van der Waals surface area contributed by atoms with Gasteiger partial charge in [-0.05, 0) is 12.1 Å². The lowest BCUT2D eigenvalue weighted by Gasteiger charge is -2.04. The molecule has 0 unspecified atom stereocenters. The number of anilines is 1. The fourth-order valence-corrected chi connectivity index (χ4v) is 3.41. The minimum absolute atomic E-state index is 0.211. The zero-order valence-corrected chi connectivity index (χ0v) is 12.0. The largest absolute Gasteiger partial charge is 0.491 e. The molecule has 2 N–H and O–H groups in total. The zero-order chi connectivity index (χ0) is 12.9. The van der Waals surface area contributed by atoms with Gasteiger partial charge in [0.15, 0.2) is 14.9 Å². The highest BCUT2D eigenvalue weighted by Crippen LogP contribution is 2.40. The molecule has 2 heterocycles. The summed E-state index contributed by atoms with van der Waals surface area (Å²) in [5.74, 6) is 0.686. The molecule has 0 fully saturated rings. The molecule has 5 nitrogen and oxygen atoms in total. The summed E-state index contributed by atoms with van der Waals surface area (Å²) < 4.78 is 30.0. The highest BCUT2D eigenvalue weighted by Gasteiger charge is 2.24. The van der Waals surface area contributed by atoms with Crippen LogP contribution in [0.5, 0.6) is 5.75 Å². The van der Waals surface area contributed by atoms with Gasteiger partial charge >= 0.3 is 0 Å². The van der Waals surface area contributed by atoms with Crippen LogP contribution in [0, 0.1) is 0 Å². The molecule has 0 saturated heterocycles. The first-order valence-electron chi connectivity index (χ1n) is 5.39. The number of H-pyrrole nitrogens is 1. The number of benzene rings is 1. The van der Waals surface area contributed by atoms with Crippen molar-refractivity contribution < 1.29 is 13.2 Å². The minimum atomic E-state index is -3.31. The molecule has 2 aromatic rings. The van der Waals surface area contributed by atoms with E-state index in [0.29, 0.717) is 24.6 Å². The Hall–Kier alpha value is -1.21. The van der Waals surface area contributed by atoms with Crippen LogP contribution < -0.4 is 10.1 Å². The van der Waals surface area contributed by atoms with Crippen molar-refractivity contribution in [2.75, 3.05) is 24.7 Å². The Labute approximate surface area is 113 Å². The maximum Gasteiger partial charge on any atom is 0.192 e. The summed E-state index contributed by atoms with van der Waals surface area (Å²) in [5, 5.41) is 4.11. The Kier molecular flexibility index (Phi) is 2.56. The predicted molar refractivity (Wildman–Crippen MR) is 73.1 cm³/mol. The lowest BCUT2D eigenvalue weighted by atomic mass is 10.2. The summed E-state index contributed by atoms with van der Waals surface area (Å²) in [4.78, 5) is 2.94. The summed E-state index contributed by atoms with van der Waals surface area (Å²) in [6.45, 7) is 1.07. The Morgan fingerprint density at radius 3 is 2.89 bits per heavy atom. The van der Waals surface area contributed by atoms with Crippen molar-refractivity contribution in [1.82, 2.24) is 4.98 Å². The molecule has 18 heavy (non-hydrogen) atoms. The molecular weight excluding hydrogens is 320 g/mol. The maximum absolute atomic E-state index is 11.8. The fourth-order valence-electron chi connectivity index (χ4n) is 2.13. The number of halogens is 1. The van der Waals surface area contributed by atoms with E-state index in [1.165, 1.54) is 6.26 Å². The molecule has 0 atom stereocenters. The van der Waals surface area contributed by atoms with Gasteiger partial charge in [-0.1, -0.05) is 15.9 Å². The Bertz CT molecular complexity index is 736. The number of nitrogens with one attached hydrogen (secondary N) is 2. The molecule has 3 rings (SSSR count). The Morgan fingerprint density at radius 1 is 1.39 bits per heavy atom. The number of aromatic nitrogens is 1. The van der Waals surface area contributed by atoms with E-state index in [0.717, 1.165) is 15.4 Å². The van der Waals surface area contributed by atoms with Crippen LogP contribution in [-0.2, 0) is 9.84 Å². The molecule has 96 valence electrons. The number of sulfone groups is 1. The Balaban J connectivity index is 2.45. The molecule has 1 aromatic heterocycles. The van der Waals surface area contributed by atoms with Gasteiger partial charge in [0.05, 0.1) is 16.6 Å². The van der Waals surface area contributed by atoms with Gasteiger partial charge in [0, 0.05) is 17.3 Å². The monoisotopic (exact) mass is 330 g/mol. The number of aromatic amines is 1. The van der Waals surface area contributed by atoms with E-state index in [1.807, 2.05) is 12.1 Å². The predicted octanol–water partition coefficient (Wildman–Crippen LogP) is 2.14. The first-order chi connectivity index (χ1) is 8.47. The molecule has 0 saturated carbocycles. The van der Waals surface area contributed by atoms with Crippen LogP contribution in [0.4, 0.5) is 5.69 Å². The number of hydrogen-bond donors (Lipinski definition) is 2. The second-order valence-electron chi connectivity index (χ2n) is 4.20. The number of ether oxygens (including phenoxy) is 1. The molecule has 0 spiro atoms. The lowest BCUT2D eigenvalue weighted by molar-refractivity contribution is 0.339. The standard InChI is InChI=1S/C11H11BrN2O3S/c1-18(15,16)11-10-9-7(14-11)4-6(12)5-8(9)17-3-2-13-10/h4-5,13-14H,2-3H2,1H3. The van der Waals surface area contributed by atoms with Crippen molar-refractivity contribution in [1.29, 1.82) is 0 Å². The van der Waals surface area contributed by atoms with Crippen molar-refractivity contribution in [3.63, 3.8) is 0 Å². The van der Waals surface area contributed by atoms with E-state index in [1.54, 1.807) is 0 Å². The summed E-state index contributed by atoms with van der Waals surface area (Å²) in [5.41, 5.74) is 1.34. The van der Waals surface area contributed by atoms with Crippen LogP contribution in [-0.4, -0.2) is 32.8 Å². The SMILES string of the molecule is CS(=O)(=O)c1[nH]c2cc(Br)cc3c2c1NCCO3. The first-order valence-corrected chi connectivity index (χ1v) is 8.07. The summed E-state index contributed by atoms with van der Waals surface area (Å²) in [6, 6.07) is 3.69. The van der Waals surface area contributed by atoms with Gasteiger partial charge in [-0.15, -0.1) is 0 Å². The van der Waals surface area contributed by atoms with Crippen molar-refractivity contribution in [2.45, 2.75) is 5.03 Å². The van der Waals surface area contributed by atoms with Crippen LogP contribution in [0.25, 0.3) is 10.9 Å². The third-order valence-electron chi connectivity index (χ3n) is 2.82. The van der Waals surface area contributed by atoms with E-state index >= 15 is 0 Å². The van der Waals surface area contributed by atoms with Crippen LogP contribution in [0.3, 0.4) is 0 Å². The van der Waals surface area contributed by atoms with Crippen LogP contribution in [0.1, 0.15) is 0 Å². The van der Waals surface area contributed by atoms with Crippen molar-refractivity contribution in [2.24, 2.45) is 0 Å². The molecule has 1 aliphatic heterocycles. The van der Waals surface area contributed by atoms with E-state index < -0.39 is 9.84 Å². The molecule has 7 heteroatoms. The molecule has 0 bridgehead atoms. The van der Waals surface area contributed by atoms with Gasteiger partial charge in [0.1, 0.15) is 12.4 Å². The van der Waals surface area contributed by atoms with E-state index in [2.05, 4.69) is 26.2 Å². The second-order valence-corrected chi connectivity index (χ2v) is 7.07. The third-order valence-corrected chi connectivity index (χ3v) is 4.33. The zero-order valence-electron chi connectivity index (χ0n) is 9.58. The van der Waals surface area contributed by atoms with Gasteiger partial charge in [-0.2, -0.15) is 0 Å². The van der Waals surface area contributed by atoms with E-state index in [-0.39, 0.29) is 5.03 Å². The molecule has 0 radical (unpaired) electrons. The topological polar surface area (TPSA) is 71.2 Å². The molecule has 0 aliphatic carbocycles. The van der Waals surface area contributed by atoms with Crippen LogP contribution >= 0.6 is 15.9 Å². The molecule has 1 aromatic carbocycles. The van der Waals surface area contributed by atoms with Gasteiger partial charge in [-0.3, -0.25) is 0 Å². The van der Waals surface area contributed by atoms with Crippen molar-refractivity contribution in [3.05, 3.63) is 16.6 Å². The third kappa shape index (κ3) is 1.78. The average Bonchev–Trinajstić information content (AvgIpc) is 2.49. The van der Waals surface area contributed by atoms with Crippen LogP contribution in [0.15, 0.2) is 21.6 Å². The highest BCUT2D eigenvalue weighted by molar-refractivity contribution is 9.10. The quantitative estimate of drug-likeness (QED) is 0.840.